The fourth-order valence-corrected chi connectivity index (χ4v) is 9.23. The predicted molar refractivity (Wildman–Crippen MR) is 169 cm³/mol. The van der Waals surface area contributed by atoms with Crippen LogP contribution in [0.4, 0.5) is 0 Å². The average Bonchev–Trinajstić information content (AvgIpc) is 3.05. The molecule has 1 saturated carbocycles. The zero-order chi connectivity index (χ0) is 29.0. The van der Waals surface area contributed by atoms with E-state index in [1.165, 1.54) is 32.8 Å². The van der Waals surface area contributed by atoms with E-state index in [0.29, 0.717) is 24.4 Å². The van der Waals surface area contributed by atoms with Gasteiger partial charge in [-0.15, -0.1) is 0 Å². The maximum atomic E-state index is 11.4. The molecule has 0 bridgehead atoms. The molecule has 5 atom stereocenters. The molecule has 0 aromatic carbocycles. The molecule has 0 saturated heterocycles. The summed E-state index contributed by atoms with van der Waals surface area (Å²) < 4.78 is 25.2. The van der Waals surface area contributed by atoms with E-state index in [1.54, 1.807) is 0 Å². The summed E-state index contributed by atoms with van der Waals surface area (Å²) >= 11 is 0. The van der Waals surface area contributed by atoms with E-state index >= 15 is 0 Å². The van der Waals surface area contributed by atoms with Crippen molar-refractivity contribution in [3.63, 3.8) is 0 Å². The van der Waals surface area contributed by atoms with Gasteiger partial charge in [-0.1, -0.05) is 38.3 Å². The number of rotatable bonds is 19. The van der Waals surface area contributed by atoms with Crippen molar-refractivity contribution in [2.24, 2.45) is 11.8 Å². The molecule has 0 spiro atoms. The third-order valence-electron chi connectivity index (χ3n) is 7.01. The van der Waals surface area contributed by atoms with Gasteiger partial charge in [-0.25, -0.2) is 0 Å². The number of esters is 1. The van der Waals surface area contributed by atoms with Crippen molar-refractivity contribution in [2.45, 2.75) is 155 Å². The molecule has 1 fully saturated rings. The minimum absolute atomic E-state index is 0.127. The first-order chi connectivity index (χ1) is 17.5. The standard InChI is InChI=1S/C30H62O5Si3/c1-12-13-16-19-25(33-36(3,4)5)22-23-27-26(20-17-14-15-18-21-30(31)32-2)28(34-37(6,7)8)24-29(27)35-38(9,10)11/h14,17,25-29H,12-13,15-16,18-24H2,1-11H3/b17-14+/t25-,26+,27+,28-,29+/m0/s1. The van der Waals surface area contributed by atoms with E-state index in [1.807, 2.05) is 0 Å². The maximum Gasteiger partial charge on any atom is 0.305 e. The minimum Gasteiger partial charge on any atom is -0.469 e. The third kappa shape index (κ3) is 16.1. The van der Waals surface area contributed by atoms with Gasteiger partial charge in [0.1, 0.15) is 0 Å². The van der Waals surface area contributed by atoms with Crippen LogP contribution in [0.3, 0.4) is 0 Å². The van der Waals surface area contributed by atoms with E-state index < -0.39 is 25.0 Å². The Morgan fingerprint density at radius 2 is 1.42 bits per heavy atom. The van der Waals surface area contributed by atoms with Crippen LogP contribution in [0.15, 0.2) is 12.2 Å². The number of hydrogen-bond donors (Lipinski definition) is 0. The smallest absolute Gasteiger partial charge is 0.305 e. The summed E-state index contributed by atoms with van der Waals surface area (Å²) in [6.45, 7) is 23.1. The van der Waals surface area contributed by atoms with Crippen LogP contribution < -0.4 is 0 Å². The Balaban J connectivity index is 3.07. The van der Waals surface area contributed by atoms with Gasteiger partial charge in [0.2, 0.25) is 0 Å². The molecule has 0 aliphatic heterocycles. The second-order valence-corrected chi connectivity index (χ2v) is 27.6. The number of carbonyl (C=O) groups excluding carboxylic acids is 1. The second kappa shape index (κ2) is 16.9. The van der Waals surface area contributed by atoms with E-state index in [4.69, 9.17) is 18.0 Å². The van der Waals surface area contributed by atoms with E-state index in [9.17, 15) is 4.79 Å². The molecule has 1 rings (SSSR count). The second-order valence-electron chi connectivity index (χ2n) is 14.2. The molecule has 0 aromatic heterocycles. The highest BCUT2D eigenvalue weighted by Crippen LogP contribution is 2.44. The number of hydrogen-bond acceptors (Lipinski definition) is 5. The fourth-order valence-electron chi connectivity index (χ4n) is 5.64. The Hall–Kier alpha value is -0.259. The monoisotopic (exact) mass is 586 g/mol. The Morgan fingerprint density at radius 3 is 1.95 bits per heavy atom. The van der Waals surface area contributed by atoms with Gasteiger partial charge in [-0.3, -0.25) is 4.79 Å². The summed E-state index contributed by atoms with van der Waals surface area (Å²) in [5.41, 5.74) is 0. The highest BCUT2D eigenvalue weighted by molar-refractivity contribution is 6.70. The van der Waals surface area contributed by atoms with E-state index in [-0.39, 0.29) is 18.2 Å². The van der Waals surface area contributed by atoms with Gasteiger partial charge >= 0.3 is 5.97 Å². The highest BCUT2D eigenvalue weighted by atomic mass is 28.4. The summed E-state index contributed by atoms with van der Waals surface area (Å²) in [5.74, 6) is 0.822. The van der Waals surface area contributed by atoms with Crippen molar-refractivity contribution in [1.29, 1.82) is 0 Å². The zero-order valence-electron chi connectivity index (χ0n) is 26.9. The first-order valence-electron chi connectivity index (χ1n) is 15.3. The van der Waals surface area contributed by atoms with Crippen LogP contribution in [0.25, 0.3) is 0 Å². The maximum absolute atomic E-state index is 11.4. The first kappa shape index (κ1) is 35.8. The van der Waals surface area contributed by atoms with Crippen molar-refractivity contribution in [3.05, 3.63) is 12.2 Å². The molecule has 0 amide bonds. The Labute approximate surface area is 239 Å². The van der Waals surface area contributed by atoms with Crippen molar-refractivity contribution >= 4 is 30.9 Å². The summed E-state index contributed by atoms with van der Waals surface area (Å²) in [5, 5.41) is 0. The zero-order valence-corrected chi connectivity index (χ0v) is 29.9. The average molecular weight is 587 g/mol. The fraction of sp³-hybridized carbons (Fsp3) is 0.900. The summed E-state index contributed by atoms with van der Waals surface area (Å²) in [7, 11) is -3.54. The predicted octanol–water partition coefficient (Wildman–Crippen LogP) is 8.93. The summed E-state index contributed by atoms with van der Waals surface area (Å²) in [6.07, 6.45) is 16.9. The molecule has 1 aliphatic carbocycles. The lowest BCUT2D eigenvalue weighted by atomic mass is 9.85. The molecule has 0 unspecified atom stereocenters. The van der Waals surface area contributed by atoms with Gasteiger partial charge < -0.3 is 18.0 Å². The minimum atomic E-state index is -1.70. The van der Waals surface area contributed by atoms with Crippen LogP contribution >= 0.6 is 0 Å². The van der Waals surface area contributed by atoms with E-state index in [2.05, 4.69) is 78.0 Å². The lowest BCUT2D eigenvalue weighted by Crippen LogP contribution is -2.36. The van der Waals surface area contributed by atoms with Crippen LogP contribution in [0, 0.1) is 11.8 Å². The molecule has 38 heavy (non-hydrogen) atoms. The molecule has 1 aliphatic rings. The topological polar surface area (TPSA) is 54.0 Å². The third-order valence-corrected chi connectivity index (χ3v) is 10.1. The van der Waals surface area contributed by atoms with E-state index in [0.717, 1.165) is 38.5 Å². The van der Waals surface area contributed by atoms with Crippen LogP contribution in [0.1, 0.15) is 77.6 Å². The highest BCUT2D eigenvalue weighted by Gasteiger charge is 2.46. The van der Waals surface area contributed by atoms with Gasteiger partial charge in [0.25, 0.3) is 0 Å². The number of methoxy groups -OCH3 is 1. The van der Waals surface area contributed by atoms with Crippen molar-refractivity contribution in [2.75, 3.05) is 7.11 Å². The van der Waals surface area contributed by atoms with Gasteiger partial charge in [0, 0.05) is 12.5 Å². The number of allylic oxidation sites excluding steroid dienone is 2. The van der Waals surface area contributed by atoms with Gasteiger partial charge in [0.15, 0.2) is 25.0 Å². The van der Waals surface area contributed by atoms with Crippen molar-refractivity contribution in [3.8, 4) is 0 Å². The number of carbonyl (C=O) groups is 1. The van der Waals surface area contributed by atoms with Gasteiger partial charge in [-0.05, 0) is 116 Å². The Kier molecular flexibility index (Phi) is 15.9. The summed E-state index contributed by atoms with van der Waals surface area (Å²) in [6, 6.07) is 0. The lowest BCUT2D eigenvalue weighted by molar-refractivity contribution is -0.140. The Morgan fingerprint density at radius 1 is 0.816 bits per heavy atom. The van der Waals surface area contributed by atoms with Gasteiger partial charge in [-0.2, -0.15) is 0 Å². The molecule has 8 heteroatoms. The Bertz CT molecular complexity index is 693. The quantitative estimate of drug-likeness (QED) is 0.0654. The van der Waals surface area contributed by atoms with Crippen LogP contribution in [0.2, 0.25) is 58.9 Å². The first-order valence-corrected chi connectivity index (χ1v) is 25.5. The summed E-state index contributed by atoms with van der Waals surface area (Å²) in [4.78, 5) is 11.4. The largest absolute Gasteiger partial charge is 0.469 e. The van der Waals surface area contributed by atoms with Crippen molar-refractivity contribution in [1.82, 2.24) is 0 Å². The lowest BCUT2D eigenvalue weighted by Gasteiger charge is -2.33. The number of ether oxygens (including phenoxy) is 1. The van der Waals surface area contributed by atoms with Crippen LogP contribution in [-0.4, -0.2) is 56.3 Å². The molecule has 0 N–H and O–H groups in total. The van der Waals surface area contributed by atoms with Gasteiger partial charge in [0.05, 0.1) is 19.3 Å². The molecular formula is C30H62O5Si3. The number of unbranched alkanes of at least 4 members (excludes halogenated alkanes) is 3. The van der Waals surface area contributed by atoms with Crippen LogP contribution in [-0.2, 0) is 22.8 Å². The molecule has 0 heterocycles. The normalized spacial score (nSPS) is 23.8. The van der Waals surface area contributed by atoms with Crippen LogP contribution in [0.5, 0.6) is 0 Å². The molecule has 0 aromatic rings. The molecular weight excluding hydrogens is 525 g/mol. The van der Waals surface area contributed by atoms with Crippen molar-refractivity contribution < 1.29 is 22.8 Å². The molecule has 0 radical (unpaired) electrons. The molecule has 5 nitrogen and oxygen atoms in total. The molecule has 224 valence electrons. The SMILES string of the molecule is CCCCC[C@@H](CC[C@@H]1[C@@H](C/C=C/CCCC(=O)OC)[C@@H](O[Si](C)(C)C)C[C@H]1O[Si](C)(C)C)O[Si](C)(C)C.